The maximum atomic E-state index is 14.4. The summed E-state index contributed by atoms with van der Waals surface area (Å²) < 4.78 is 28.8. The Kier molecular flexibility index (Phi) is 3.71. The molecule has 4 rings (SSSR count). The number of hydrogen-bond donors (Lipinski definition) is 0. The van der Waals surface area contributed by atoms with Crippen LogP contribution >= 0.6 is 0 Å². The standard InChI is InChI=1S/C19H19F2N3O2/c1-23-8-6-18(17(23)26)10-19(20,21)12-24(11-18)16(25)14-4-5-15-13(9-14)3-2-7-22-15/h2-5,7,9H,6,8,10-12H2,1H3/t18-/m1/s1. The molecule has 5 nitrogen and oxygen atoms in total. The van der Waals surface area contributed by atoms with Crippen LogP contribution in [0.3, 0.4) is 0 Å². The first-order valence-corrected chi connectivity index (χ1v) is 8.57. The lowest BCUT2D eigenvalue weighted by Gasteiger charge is -2.42. The number of nitrogens with zero attached hydrogens (tertiary/aromatic N) is 3. The first-order chi connectivity index (χ1) is 12.3. The number of pyridine rings is 1. The van der Waals surface area contributed by atoms with Crippen molar-refractivity contribution in [3.05, 3.63) is 42.1 Å². The molecule has 0 unspecified atom stereocenters. The summed E-state index contributed by atoms with van der Waals surface area (Å²) in [5, 5.41) is 0.772. The molecular weight excluding hydrogens is 340 g/mol. The van der Waals surface area contributed by atoms with Gasteiger partial charge < -0.3 is 9.80 Å². The Hall–Kier alpha value is -2.57. The minimum absolute atomic E-state index is 0.0374. The number of carbonyl (C=O) groups is 2. The molecule has 1 atom stereocenters. The zero-order valence-electron chi connectivity index (χ0n) is 14.4. The van der Waals surface area contributed by atoms with Gasteiger partial charge >= 0.3 is 0 Å². The maximum absolute atomic E-state index is 14.4. The lowest BCUT2D eigenvalue weighted by Crippen LogP contribution is -2.56. The highest BCUT2D eigenvalue weighted by molar-refractivity contribution is 5.98. The number of benzene rings is 1. The lowest BCUT2D eigenvalue weighted by atomic mass is 9.76. The van der Waals surface area contributed by atoms with E-state index in [1.54, 1.807) is 37.5 Å². The van der Waals surface area contributed by atoms with E-state index in [1.165, 1.54) is 4.90 Å². The van der Waals surface area contributed by atoms with Gasteiger partial charge in [-0.1, -0.05) is 6.07 Å². The van der Waals surface area contributed by atoms with Crippen LogP contribution in [-0.4, -0.2) is 59.2 Å². The highest BCUT2D eigenvalue weighted by Gasteiger charge is 2.57. The zero-order valence-corrected chi connectivity index (χ0v) is 14.4. The predicted molar refractivity (Wildman–Crippen MR) is 91.9 cm³/mol. The smallest absolute Gasteiger partial charge is 0.266 e. The molecule has 2 saturated heterocycles. The first kappa shape index (κ1) is 16.9. The number of hydrogen-bond acceptors (Lipinski definition) is 3. The summed E-state index contributed by atoms with van der Waals surface area (Å²) in [5.41, 5.74) is -0.112. The fourth-order valence-electron chi connectivity index (χ4n) is 4.15. The van der Waals surface area contributed by atoms with E-state index < -0.39 is 30.2 Å². The molecule has 1 spiro atoms. The van der Waals surface area contributed by atoms with Crippen molar-refractivity contribution in [1.29, 1.82) is 0 Å². The molecule has 0 radical (unpaired) electrons. The maximum Gasteiger partial charge on any atom is 0.266 e. The molecule has 0 saturated carbocycles. The predicted octanol–water partition coefficient (Wildman–Crippen LogP) is 2.56. The van der Waals surface area contributed by atoms with Crippen molar-refractivity contribution >= 4 is 22.7 Å². The van der Waals surface area contributed by atoms with Gasteiger partial charge in [-0.3, -0.25) is 14.6 Å². The molecule has 26 heavy (non-hydrogen) atoms. The third kappa shape index (κ3) is 2.71. The number of alkyl halides is 2. The monoisotopic (exact) mass is 359 g/mol. The number of likely N-dealkylation sites (tertiary alicyclic amines) is 2. The van der Waals surface area contributed by atoms with Gasteiger partial charge in [-0.25, -0.2) is 8.78 Å². The van der Waals surface area contributed by atoms with Gasteiger partial charge in [0.1, 0.15) is 0 Å². The largest absolute Gasteiger partial charge is 0.345 e. The first-order valence-electron chi connectivity index (χ1n) is 8.57. The second-order valence-electron chi connectivity index (χ2n) is 7.36. The number of amides is 2. The second kappa shape index (κ2) is 5.72. The summed E-state index contributed by atoms with van der Waals surface area (Å²) in [6.45, 7) is -0.177. The average Bonchev–Trinajstić information content (AvgIpc) is 2.87. The van der Waals surface area contributed by atoms with Crippen LogP contribution in [0.5, 0.6) is 0 Å². The molecule has 2 aliphatic heterocycles. The Morgan fingerprint density at radius 2 is 2.04 bits per heavy atom. The van der Waals surface area contributed by atoms with Crippen LogP contribution in [0.4, 0.5) is 8.78 Å². The second-order valence-corrected chi connectivity index (χ2v) is 7.36. The van der Waals surface area contributed by atoms with Gasteiger partial charge in [0.15, 0.2) is 0 Å². The molecular formula is C19H19F2N3O2. The minimum atomic E-state index is -3.08. The number of halogens is 2. The topological polar surface area (TPSA) is 53.5 Å². The molecule has 1 aromatic carbocycles. The molecule has 3 heterocycles. The SMILES string of the molecule is CN1CC[C@@]2(CN(C(=O)c3ccc4ncccc4c3)CC(F)(F)C2)C1=O. The van der Waals surface area contributed by atoms with Crippen molar-refractivity contribution in [3.63, 3.8) is 0 Å². The van der Waals surface area contributed by atoms with E-state index in [0.29, 0.717) is 18.5 Å². The van der Waals surface area contributed by atoms with Crippen LogP contribution in [0.15, 0.2) is 36.5 Å². The summed E-state index contributed by atoms with van der Waals surface area (Å²) in [4.78, 5) is 32.2. The van der Waals surface area contributed by atoms with Crippen LogP contribution in [0.25, 0.3) is 10.9 Å². The van der Waals surface area contributed by atoms with Crippen LogP contribution < -0.4 is 0 Å². The van der Waals surface area contributed by atoms with Gasteiger partial charge in [0, 0.05) is 43.7 Å². The van der Waals surface area contributed by atoms with Crippen LogP contribution in [0.1, 0.15) is 23.2 Å². The average molecular weight is 359 g/mol. The highest BCUT2D eigenvalue weighted by atomic mass is 19.3. The highest BCUT2D eigenvalue weighted by Crippen LogP contribution is 2.45. The third-order valence-electron chi connectivity index (χ3n) is 5.38. The van der Waals surface area contributed by atoms with Gasteiger partial charge in [0.05, 0.1) is 17.5 Å². The van der Waals surface area contributed by atoms with Crippen LogP contribution in [-0.2, 0) is 4.79 Å². The summed E-state index contributed by atoms with van der Waals surface area (Å²) in [5.74, 6) is -3.85. The number of aromatic nitrogens is 1. The number of carbonyl (C=O) groups excluding carboxylic acids is 2. The fraction of sp³-hybridized carbons (Fsp3) is 0.421. The van der Waals surface area contributed by atoms with Crippen LogP contribution in [0, 0.1) is 5.41 Å². The van der Waals surface area contributed by atoms with E-state index in [2.05, 4.69) is 4.98 Å². The van der Waals surface area contributed by atoms with Gasteiger partial charge in [-0.15, -0.1) is 0 Å². The molecule has 7 heteroatoms. The quantitative estimate of drug-likeness (QED) is 0.786. The Morgan fingerprint density at radius 1 is 1.23 bits per heavy atom. The lowest BCUT2D eigenvalue weighted by molar-refractivity contribution is -0.150. The number of rotatable bonds is 1. The Bertz CT molecular complexity index is 901. The summed E-state index contributed by atoms with van der Waals surface area (Å²) >= 11 is 0. The van der Waals surface area contributed by atoms with Gasteiger partial charge in [0.2, 0.25) is 5.91 Å². The zero-order chi connectivity index (χ0) is 18.5. The van der Waals surface area contributed by atoms with Crippen molar-refractivity contribution in [3.8, 4) is 0 Å². The van der Waals surface area contributed by atoms with E-state index in [-0.39, 0.29) is 12.5 Å². The van der Waals surface area contributed by atoms with Crippen molar-refractivity contribution in [1.82, 2.24) is 14.8 Å². The summed E-state index contributed by atoms with van der Waals surface area (Å²) in [7, 11) is 1.62. The van der Waals surface area contributed by atoms with Gasteiger partial charge in [-0.05, 0) is 30.7 Å². The fourth-order valence-corrected chi connectivity index (χ4v) is 4.15. The third-order valence-corrected chi connectivity index (χ3v) is 5.38. The molecule has 2 fully saturated rings. The number of fused-ring (bicyclic) bond motifs is 1. The summed E-state index contributed by atoms with van der Waals surface area (Å²) in [6.07, 6.45) is 1.51. The molecule has 2 aliphatic rings. The summed E-state index contributed by atoms with van der Waals surface area (Å²) in [6, 6.07) is 8.54. The van der Waals surface area contributed by atoms with E-state index in [4.69, 9.17) is 0 Å². The van der Waals surface area contributed by atoms with Crippen molar-refractivity contribution in [2.24, 2.45) is 5.41 Å². The molecule has 0 N–H and O–H groups in total. The molecule has 2 aromatic rings. The molecule has 1 aromatic heterocycles. The van der Waals surface area contributed by atoms with Gasteiger partial charge in [-0.2, -0.15) is 0 Å². The van der Waals surface area contributed by atoms with Crippen molar-refractivity contribution in [2.75, 3.05) is 26.7 Å². The Balaban J connectivity index is 1.67. The van der Waals surface area contributed by atoms with E-state index in [0.717, 1.165) is 15.8 Å². The van der Waals surface area contributed by atoms with E-state index >= 15 is 0 Å². The molecule has 2 amide bonds. The normalized spacial score (nSPS) is 25.3. The Morgan fingerprint density at radius 3 is 2.77 bits per heavy atom. The van der Waals surface area contributed by atoms with Crippen molar-refractivity contribution in [2.45, 2.75) is 18.8 Å². The molecule has 0 aliphatic carbocycles. The van der Waals surface area contributed by atoms with E-state index in [9.17, 15) is 18.4 Å². The number of piperidine rings is 1. The van der Waals surface area contributed by atoms with Crippen molar-refractivity contribution < 1.29 is 18.4 Å². The Labute approximate surface area is 149 Å². The molecule has 0 bridgehead atoms. The molecule has 136 valence electrons. The minimum Gasteiger partial charge on any atom is -0.345 e. The van der Waals surface area contributed by atoms with E-state index in [1.807, 2.05) is 6.07 Å². The van der Waals surface area contributed by atoms with Crippen LogP contribution in [0.2, 0.25) is 0 Å². The van der Waals surface area contributed by atoms with Gasteiger partial charge in [0.25, 0.3) is 11.8 Å².